The smallest absolute Gasteiger partial charge is 0.201 e. The molecule has 226 valence electrons. The highest BCUT2D eigenvalue weighted by Gasteiger charge is 2.44. The van der Waals surface area contributed by atoms with Crippen molar-refractivity contribution in [1.82, 2.24) is 9.97 Å². The molecule has 0 saturated carbocycles. The number of nitrogens with zero attached hydrogens (tertiary/aromatic N) is 9. The van der Waals surface area contributed by atoms with Gasteiger partial charge in [-0.05, 0) is 6.07 Å². The Balaban J connectivity index is 2.11. The molecule has 0 unspecified atom stereocenters. The molecule has 0 aliphatic heterocycles. The quantitative estimate of drug-likeness (QED) is 0.183. The second-order valence-electron chi connectivity index (χ2n) is 9.27. The number of allylic oxidation sites excluding steroid dienone is 8. The van der Waals surface area contributed by atoms with Crippen LogP contribution >= 0.6 is 0 Å². The van der Waals surface area contributed by atoms with Gasteiger partial charge in [0.15, 0.2) is 23.3 Å². The number of benzene rings is 1. The topological polar surface area (TPSA) is 192 Å². The Morgan fingerprint density at radius 3 is 1.02 bits per heavy atom. The van der Waals surface area contributed by atoms with Crippen LogP contribution in [0.1, 0.15) is 38.9 Å². The molecule has 5 rings (SSSR count). The summed E-state index contributed by atoms with van der Waals surface area (Å²) in [6.07, 6.45) is 0. The van der Waals surface area contributed by atoms with Gasteiger partial charge in [-0.1, -0.05) is 0 Å². The first kappa shape index (κ1) is 31.8. The van der Waals surface area contributed by atoms with Gasteiger partial charge in [-0.2, -0.15) is 64.4 Å². The molecule has 9 nitrogen and oxygen atoms in total. The Bertz CT molecular complexity index is 2310. The fourth-order valence-electron chi connectivity index (χ4n) is 5.40. The van der Waals surface area contributed by atoms with Crippen LogP contribution in [0.15, 0.2) is 17.2 Å². The third kappa shape index (κ3) is 4.09. The number of aromatic nitrogens is 2. The van der Waals surface area contributed by atoms with Crippen LogP contribution in [0.25, 0.3) is 33.4 Å². The van der Waals surface area contributed by atoms with E-state index in [9.17, 15) is 54.4 Å². The summed E-state index contributed by atoms with van der Waals surface area (Å²) in [4.78, 5) is 4.83. The third-order valence-electron chi connectivity index (χ3n) is 7.14. The van der Waals surface area contributed by atoms with Crippen LogP contribution in [0.4, 0.5) is 35.1 Å². The largest absolute Gasteiger partial charge is 0.252 e. The van der Waals surface area contributed by atoms with Gasteiger partial charge in [0.2, 0.25) is 0 Å². The monoisotopic (exact) mass is 651 g/mol. The molecule has 17 heteroatoms. The van der Waals surface area contributed by atoms with E-state index in [2.05, 4.69) is 9.97 Å². The molecule has 0 N–H and O–H groups in total. The third-order valence-corrected chi connectivity index (χ3v) is 7.14. The van der Waals surface area contributed by atoms with Crippen molar-refractivity contribution in [3.05, 3.63) is 103 Å². The van der Waals surface area contributed by atoms with E-state index < -0.39 is 131 Å². The molecule has 0 atom stereocenters. The van der Waals surface area contributed by atoms with E-state index in [1.54, 1.807) is 6.07 Å². The second-order valence-corrected chi connectivity index (χ2v) is 9.27. The van der Waals surface area contributed by atoms with Gasteiger partial charge < -0.3 is 0 Å². The fraction of sp³-hybridized carbons (Fsp3) is 0. The SMILES string of the molecule is N#CC(C#N)=C1C(c2c(F)c(F)nc(F)c2F)=C(C#N)c2cc3c(c(C#N)c21)C(=C(C#N)C#N)C(c1c(F)c(F)nc(F)c1F)=C3C#N. The van der Waals surface area contributed by atoms with Crippen molar-refractivity contribution in [3.63, 3.8) is 0 Å². The lowest BCUT2D eigenvalue weighted by Crippen LogP contribution is -2.08. The van der Waals surface area contributed by atoms with Crippen molar-refractivity contribution < 1.29 is 35.1 Å². The van der Waals surface area contributed by atoms with E-state index >= 15 is 17.6 Å². The van der Waals surface area contributed by atoms with Gasteiger partial charge in [0.05, 0.1) is 27.8 Å². The minimum absolute atomic E-state index is 0.644. The average Bonchev–Trinajstić information content (AvgIpc) is 3.55. The lowest BCUT2D eigenvalue weighted by Gasteiger charge is -2.15. The van der Waals surface area contributed by atoms with E-state index in [-0.39, 0.29) is 0 Å². The molecule has 0 bridgehead atoms. The minimum Gasteiger partial charge on any atom is -0.201 e. The molecular weight excluding hydrogens is 650 g/mol. The first-order chi connectivity index (χ1) is 22.9. The molecule has 0 saturated heterocycles. The number of rotatable bonds is 2. The predicted molar refractivity (Wildman–Crippen MR) is 140 cm³/mol. The standard InChI is InChI=1S/C31HF8N9/c32-24-22(25(33)29(37)47-28(24)36)20-13(6-44)11-1-12-14(7-45)21(23-26(34)30(38)48-31(39)27(23)35)17(10(4-42)5-43)19(12)15(8-46)18(11)16(20)9(2-40)3-41/h1H. The summed E-state index contributed by atoms with van der Waals surface area (Å²) in [5, 5.41) is 69.7. The highest BCUT2D eigenvalue weighted by Crippen LogP contribution is 2.57. The maximum Gasteiger partial charge on any atom is 0.252 e. The zero-order valence-electron chi connectivity index (χ0n) is 22.6. The van der Waals surface area contributed by atoms with Crippen LogP contribution in [-0.2, 0) is 0 Å². The number of halogens is 8. The van der Waals surface area contributed by atoms with Gasteiger partial charge in [0.1, 0.15) is 53.6 Å². The summed E-state index contributed by atoms with van der Waals surface area (Å²) in [7, 11) is 0. The molecule has 0 fully saturated rings. The Kier molecular flexibility index (Phi) is 7.52. The van der Waals surface area contributed by atoms with Crippen LogP contribution in [0, 0.1) is 126 Å². The summed E-state index contributed by atoms with van der Waals surface area (Å²) in [6, 6.07) is 10.7. The van der Waals surface area contributed by atoms with Gasteiger partial charge in [-0.15, -0.1) is 0 Å². The summed E-state index contributed by atoms with van der Waals surface area (Å²) in [6.45, 7) is 0. The molecule has 0 spiro atoms. The lowest BCUT2D eigenvalue weighted by molar-refractivity contribution is 0.404. The predicted octanol–water partition coefficient (Wildman–Crippen LogP) is 5.96. The van der Waals surface area contributed by atoms with Gasteiger partial charge >= 0.3 is 0 Å². The van der Waals surface area contributed by atoms with Crippen molar-refractivity contribution in [3.8, 4) is 42.5 Å². The Labute approximate surface area is 261 Å². The number of pyridine rings is 2. The summed E-state index contributed by atoms with van der Waals surface area (Å²) < 4.78 is 118. The highest BCUT2D eigenvalue weighted by atomic mass is 19.2. The van der Waals surface area contributed by atoms with Crippen LogP contribution in [0.2, 0.25) is 0 Å². The van der Waals surface area contributed by atoms with E-state index in [0.717, 1.165) is 6.07 Å². The van der Waals surface area contributed by atoms with Crippen molar-refractivity contribution in [2.45, 2.75) is 0 Å². The zero-order valence-corrected chi connectivity index (χ0v) is 22.6. The van der Waals surface area contributed by atoms with E-state index in [1.165, 1.54) is 36.4 Å². The summed E-state index contributed by atoms with van der Waals surface area (Å²) in [5.41, 5.74) is -15.4. The van der Waals surface area contributed by atoms with Crippen LogP contribution in [0.5, 0.6) is 0 Å². The minimum atomic E-state index is -2.22. The molecule has 3 aromatic rings. The van der Waals surface area contributed by atoms with Crippen LogP contribution in [0.3, 0.4) is 0 Å². The molecule has 2 aliphatic carbocycles. The number of hydrogen-bond donors (Lipinski definition) is 0. The van der Waals surface area contributed by atoms with Crippen molar-refractivity contribution in [2.75, 3.05) is 0 Å². The molecule has 0 radical (unpaired) electrons. The van der Waals surface area contributed by atoms with Crippen molar-refractivity contribution >= 4 is 33.4 Å². The maximum absolute atomic E-state index is 15.1. The van der Waals surface area contributed by atoms with Crippen LogP contribution in [-0.4, -0.2) is 9.97 Å². The first-order valence-electron chi connectivity index (χ1n) is 12.3. The Morgan fingerprint density at radius 1 is 0.458 bits per heavy atom. The first-order valence-corrected chi connectivity index (χ1v) is 12.3. The summed E-state index contributed by atoms with van der Waals surface area (Å²) in [5.74, 6) is -17.7. The van der Waals surface area contributed by atoms with Gasteiger partial charge in [0.25, 0.3) is 23.8 Å². The molecular formula is C31HF8N9. The molecule has 1 aromatic carbocycles. The molecule has 2 heterocycles. The van der Waals surface area contributed by atoms with Gasteiger partial charge in [0, 0.05) is 44.5 Å². The molecule has 0 amide bonds. The molecule has 2 aromatic heterocycles. The maximum atomic E-state index is 15.1. The zero-order chi connectivity index (χ0) is 35.4. The van der Waals surface area contributed by atoms with Crippen LogP contribution < -0.4 is 0 Å². The second kappa shape index (κ2) is 11.4. The van der Waals surface area contributed by atoms with Crippen molar-refractivity contribution in [2.24, 2.45) is 0 Å². The normalized spacial score (nSPS) is 12.6. The lowest BCUT2D eigenvalue weighted by atomic mass is 9.84. The average molecular weight is 651 g/mol. The number of fused-ring (bicyclic) bond motifs is 2. The molecule has 2 aliphatic rings. The molecule has 48 heavy (non-hydrogen) atoms. The van der Waals surface area contributed by atoms with Gasteiger partial charge in [-0.25, -0.2) is 17.6 Å². The summed E-state index contributed by atoms with van der Waals surface area (Å²) >= 11 is 0. The van der Waals surface area contributed by atoms with E-state index in [1.807, 2.05) is 0 Å². The Morgan fingerprint density at radius 2 is 0.771 bits per heavy atom. The highest BCUT2D eigenvalue weighted by molar-refractivity contribution is 6.31. The number of nitriles is 7. The van der Waals surface area contributed by atoms with E-state index in [4.69, 9.17) is 0 Å². The number of hydrogen-bond acceptors (Lipinski definition) is 9. The van der Waals surface area contributed by atoms with E-state index in [0.29, 0.717) is 0 Å². The van der Waals surface area contributed by atoms with Gasteiger partial charge in [-0.3, -0.25) is 0 Å². The van der Waals surface area contributed by atoms with Crippen molar-refractivity contribution in [1.29, 1.82) is 36.8 Å². The fourth-order valence-corrected chi connectivity index (χ4v) is 5.40. The Hall–Kier alpha value is -7.65.